The van der Waals surface area contributed by atoms with Crippen molar-refractivity contribution in [2.75, 3.05) is 32.2 Å². The molecule has 0 saturated carbocycles. The molecule has 1 aromatic rings. The first-order chi connectivity index (χ1) is 7.38. The molecule has 1 aliphatic heterocycles. The fourth-order valence-corrected chi connectivity index (χ4v) is 1.46. The van der Waals surface area contributed by atoms with Crippen LogP contribution < -0.4 is 10.1 Å². The highest BCUT2D eigenvalue weighted by Gasteiger charge is 2.16. The summed E-state index contributed by atoms with van der Waals surface area (Å²) in [7, 11) is 1.78. The van der Waals surface area contributed by atoms with E-state index >= 15 is 0 Å². The van der Waals surface area contributed by atoms with Gasteiger partial charge in [-0.3, -0.25) is 0 Å². The van der Waals surface area contributed by atoms with Gasteiger partial charge >= 0.3 is 0 Å². The van der Waals surface area contributed by atoms with Gasteiger partial charge in [0.2, 0.25) is 11.8 Å². The van der Waals surface area contributed by atoms with E-state index in [9.17, 15) is 0 Å². The molecule has 0 radical (unpaired) electrons. The molecular weight excluding hydrogens is 194 g/mol. The highest BCUT2D eigenvalue weighted by molar-refractivity contribution is 5.25. The van der Waals surface area contributed by atoms with Crippen molar-refractivity contribution < 1.29 is 9.47 Å². The molecule has 5 nitrogen and oxygen atoms in total. The zero-order chi connectivity index (χ0) is 10.5. The van der Waals surface area contributed by atoms with Crippen molar-refractivity contribution in [1.29, 1.82) is 0 Å². The fraction of sp³-hybridized carbons (Fsp3) is 0.600. The number of anilines is 1. The van der Waals surface area contributed by atoms with Gasteiger partial charge in [0.25, 0.3) is 0 Å². The highest BCUT2D eigenvalue weighted by Crippen LogP contribution is 2.15. The quantitative estimate of drug-likeness (QED) is 0.799. The van der Waals surface area contributed by atoms with E-state index in [1.54, 1.807) is 19.3 Å². The molecule has 1 unspecified atom stereocenters. The summed E-state index contributed by atoms with van der Waals surface area (Å²) >= 11 is 0. The minimum absolute atomic E-state index is 0.498. The second-order valence-electron chi connectivity index (χ2n) is 3.51. The first-order valence-corrected chi connectivity index (χ1v) is 5.10. The van der Waals surface area contributed by atoms with Crippen molar-refractivity contribution in [2.24, 2.45) is 5.92 Å². The minimum Gasteiger partial charge on any atom is -0.477 e. The van der Waals surface area contributed by atoms with Crippen LogP contribution in [-0.4, -0.2) is 36.8 Å². The van der Waals surface area contributed by atoms with E-state index < -0.39 is 0 Å². The average Bonchev–Trinajstić information content (AvgIpc) is 2.79. The third-order valence-electron chi connectivity index (χ3n) is 2.34. The lowest BCUT2D eigenvalue weighted by Crippen LogP contribution is -2.12. The predicted molar refractivity (Wildman–Crippen MR) is 56.0 cm³/mol. The van der Waals surface area contributed by atoms with Crippen LogP contribution in [0.2, 0.25) is 0 Å². The summed E-state index contributed by atoms with van der Waals surface area (Å²) in [5.41, 5.74) is 0. The van der Waals surface area contributed by atoms with Gasteiger partial charge in [0.05, 0.1) is 13.2 Å². The molecule has 2 heterocycles. The van der Waals surface area contributed by atoms with E-state index in [0.29, 0.717) is 24.4 Å². The Balaban J connectivity index is 1.86. The summed E-state index contributed by atoms with van der Waals surface area (Å²) < 4.78 is 10.8. The Morgan fingerprint density at radius 2 is 2.60 bits per heavy atom. The van der Waals surface area contributed by atoms with E-state index in [-0.39, 0.29) is 0 Å². The standard InChI is InChI=1S/C10H15N3O2/c1-11-10-12-4-2-9(13-10)15-7-8-3-5-14-6-8/h2,4,8H,3,5-7H2,1H3,(H,11,12,13). The van der Waals surface area contributed by atoms with Crippen LogP contribution in [0, 0.1) is 5.92 Å². The number of nitrogens with zero attached hydrogens (tertiary/aromatic N) is 2. The molecule has 1 aliphatic rings. The lowest BCUT2D eigenvalue weighted by Gasteiger charge is -2.09. The van der Waals surface area contributed by atoms with Crippen molar-refractivity contribution in [1.82, 2.24) is 9.97 Å². The summed E-state index contributed by atoms with van der Waals surface area (Å²) in [5.74, 6) is 1.69. The number of nitrogens with one attached hydrogen (secondary N) is 1. The minimum atomic E-state index is 0.498. The zero-order valence-electron chi connectivity index (χ0n) is 8.77. The van der Waals surface area contributed by atoms with Gasteiger partial charge < -0.3 is 14.8 Å². The summed E-state index contributed by atoms with van der Waals surface area (Å²) in [6, 6.07) is 1.76. The molecule has 0 spiro atoms. The molecule has 1 fully saturated rings. The molecule has 82 valence electrons. The predicted octanol–water partition coefficient (Wildman–Crippen LogP) is 0.934. The average molecular weight is 209 g/mol. The van der Waals surface area contributed by atoms with Crippen molar-refractivity contribution in [3.05, 3.63) is 12.3 Å². The Morgan fingerprint density at radius 1 is 1.67 bits per heavy atom. The highest BCUT2D eigenvalue weighted by atomic mass is 16.5. The van der Waals surface area contributed by atoms with Crippen LogP contribution in [0.3, 0.4) is 0 Å². The molecule has 1 aromatic heterocycles. The molecule has 0 aliphatic carbocycles. The Morgan fingerprint density at radius 3 is 3.33 bits per heavy atom. The molecule has 0 aromatic carbocycles. The maximum absolute atomic E-state index is 5.56. The first-order valence-electron chi connectivity index (χ1n) is 5.10. The molecule has 15 heavy (non-hydrogen) atoms. The molecule has 2 rings (SSSR count). The summed E-state index contributed by atoms with van der Waals surface area (Å²) in [6.07, 6.45) is 2.75. The first kappa shape index (κ1) is 10.2. The SMILES string of the molecule is CNc1nccc(OCC2CCOC2)n1. The molecule has 0 bridgehead atoms. The second kappa shape index (κ2) is 4.93. The molecule has 1 saturated heterocycles. The van der Waals surface area contributed by atoms with Gasteiger partial charge in [0, 0.05) is 31.8 Å². The largest absolute Gasteiger partial charge is 0.477 e. The van der Waals surface area contributed by atoms with E-state index in [1.807, 2.05) is 0 Å². The van der Waals surface area contributed by atoms with Crippen LogP contribution in [0.1, 0.15) is 6.42 Å². The smallest absolute Gasteiger partial charge is 0.225 e. The van der Waals surface area contributed by atoms with Gasteiger partial charge in [-0.05, 0) is 6.42 Å². The van der Waals surface area contributed by atoms with E-state index in [4.69, 9.17) is 9.47 Å². The van der Waals surface area contributed by atoms with Crippen LogP contribution in [0.5, 0.6) is 5.88 Å². The van der Waals surface area contributed by atoms with Crippen LogP contribution >= 0.6 is 0 Å². The van der Waals surface area contributed by atoms with E-state index in [0.717, 1.165) is 19.6 Å². The van der Waals surface area contributed by atoms with Gasteiger partial charge in [0.15, 0.2) is 0 Å². The number of rotatable bonds is 4. The summed E-state index contributed by atoms with van der Waals surface area (Å²) in [4.78, 5) is 8.18. The summed E-state index contributed by atoms with van der Waals surface area (Å²) in [5, 5.41) is 2.87. The van der Waals surface area contributed by atoms with Gasteiger partial charge in [-0.1, -0.05) is 0 Å². The molecule has 1 atom stereocenters. The van der Waals surface area contributed by atoms with Crippen molar-refractivity contribution in [2.45, 2.75) is 6.42 Å². The monoisotopic (exact) mass is 209 g/mol. The van der Waals surface area contributed by atoms with Crippen LogP contribution in [0.15, 0.2) is 12.3 Å². The van der Waals surface area contributed by atoms with E-state index in [1.165, 1.54) is 0 Å². The van der Waals surface area contributed by atoms with Gasteiger partial charge in [-0.15, -0.1) is 0 Å². The lowest BCUT2D eigenvalue weighted by atomic mass is 10.1. The van der Waals surface area contributed by atoms with Crippen LogP contribution in [0.25, 0.3) is 0 Å². The third kappa shape index (κ3) is 2.79. The lowest BCUT2D eigenvalue weighted by molar-refractivity contribution is 0.165. The Hall–Kier alpha value is -1.36. The van der Waals surface area contributed by atoms with E-state index in [2.05, 4.69) is 15.3 Å². The normalized spacial score (nSPS) is 20.2. The van der Waals surface area contributed by atoms with Crippen molar-refractivity contribution in [3.63, 3.8) is 0 Å². The maximum atomic E-state index is 5.56. The number of hydrogen-bond donors (Lipinski definition) is 1. The zero-order valence-corrected chi connectivity index (χ0v) is 8.77. The van der Waals surface area contributed by atoms with Gasteiger partial charge in [0.1, 0.15) is 0 Å². The molecule has 1 N–H and O–H groups in total. The third-order valence-corrected chi connectivity index (χ3v) is 2.34. The number of hydrogen-bond acceptors (Lipinski definition) is 5. The molecule has 5 heteroatoms. The van der Waals surface area contributed by atoms with Crippen molar-refractivity contribution in [3.8, 4) is 5.88 Å². The van der Waals surface area contributed by atoms with Gasteiger partial charge in [-0.2, -0.15) is 4.98 Å². The van der Waals surface area contributed by atoms with Crippen LogP contribution in [-0.2, 0) is 4.74 Å². The second-order valence-corrected chi connectivity index (χ2v) is 3.51. The number of ether oxygens (including phenoxy) is 2. The fourth-order valence-electron chi connectivity index (χ4n) is 1.46. The van der Waals surface area contributed by atoms with Crippen LogP contribution in [0.4, 0.5) is 5.95 Å². The Kier molecular flexibility index (Phi) is 3.34. The van der Waals surface area contributed by atoms with Gasteiger partial charge in [-0.25, -0.2) is 4.98 Å². The Labute approximate surface area is 88.8 Å². The summed E-state index contributed by atoms with van der Waals surface area (Å²) in [6.45, 7) is 2.31. The Bertz CT molecular complexity index is 313. The number of aromatic nitrogens is 2. The molecule has 0 amide bonds. The van der Waals surface area contributed by atoms with Crippen molar-refractivity contribution >= 4 is 5.95 Å². The molecular formula is C10H15N3O2. The maximum Gasteiger partial charge on any atom is 0.225 e. The topological polar surface area (TPSA) is 56.3 Å².